The summed E-state index contributed by atoms with van der Waals surface area (Å²) in [4.78, 5) is 3.91. The van der Waals surface area contributed by atoms with Crippen molar-refractivity contribution in [2.45, 2.75) is 20.8 Å². The van der Waals surface area contributed by atoms with Crippen LogP contribution in [0.25, 0.3) is 0 Å². The number of nitrogens with zero attached hydrogens (tertiary/aromatic N) is 2. The second-order valence-electron chi connectivity index (χ2n) is 2.95. The van der Waals surface area contributed by atoms with Gasteiger partial charge in [-0.15, -0.1) is 0 Å². The van der Waals surface area contributed by atoms with Crippen LogP contribution in [0.4, 0.5) is 5.69 Å². The first-order valence-electron chi connectivity index (χ1n) is 4.77. The van der Waals surface area contributed by atoms with Crippen molar-refractivity contribution in [2.75, 3.05) is 17.6 Å². The Morgan fingerprint density at radius 1 is 1.27 bits per heavy atom. The Balaban J connectivity index is 0.000000921. The van der Waals surface area contributed by atoms with Crippen LogP contribution in [0.1, 0.15) is 19.4 Å². The molecule has 15 heavy (non-hydrogen) atoms. The summed E-state index contributed by atoms with van der Waals surface area (Å²) in [5.41, 5.74) is 1.52. The van der Waals surface area contributed by atoms with E-state index >= 15 is 0 Å². The van der Waals surface area contributed by atoms with Crippen molar-refractivity contribution in [1.29, 1.82) is 0 Å². The van der Waals surface area contributed by atoms with Gasteiger partial charge in [-0.1, -0.05) is 13.8 Å². The van der Waals surface area contributed by atoms with E-state index in [9.17, 15) is 8.42 Å². The maximum atomic E-state index is 11.1. The highest BCUT2D eigenvalue weighted by molar-refractivity contribution is 7.92. The van der Waals surface area contributed by atoms with Gasteiger partial charge in [0.1, 0.15) is 0 Å². The molecule has 0 fully saturated rings. The van der Waals surface area contributed by atoms with Gasteiger partial charge in [-0.3, -0.25) is 9.29 Å². The van der Waals surface area contributed by atoms with E-state index in [4.69, 9.17) is 0 Å². The van der Waals surface area contributed by atoms with Gasteiger partial charge in [0.05, 0.1) is 18.1 Å². The van der Waals surface area contributed by atoms with Gasteiger partial charge in [-0.25, -0.2) is 8.42 Å². The molecule has 5 heteroatoms. The maximum absolute atomic E-state index is 11.1. The minimum Gasteiger partial charge on any atom is -0.272 e. The number of anilines is 1. The van der Waals surface area contributed by atoms with Gasteiger partial charge >= 0.3 is 0 Å². The molecule has 0 saturated heterocycles. The molecule has 0 unspecified atom stereocenters. The van der Waals surface area contributed by atoms with Crippen molar-refractivity contribution in [1.82, 2.24) is 4.98 Å². The molecular weight excluding hydrogens is 212 g/mol. The van der Waals surface area contributed by atoms with E-state index in [0.29, 0.717) is 5.69 Å². The number of sulfonamides is 1. The van der Waals surface area contributed by atoms with Crippen molar-refractivity contribution >= 4 is 15.7 Å². The van der Waals surface area contributed by atoms with Crippen molar-refractivity contribution < 1.29 is 8.42 Å². The number of hydrogen-bond acceptors (Lipinski definition) is 3. The quantitative estimate of drug-likeness (QED) is 0.778. The van der Waals surface area contributed by atoms with Gasteiger partial charge in [-0.2, -0.15) is 0 Å². The van der Waals surface area contributed by atoms with E-state index in [2.05, 4.69) is 4.98 Å². The molecule has 0 aliphatic carbocycles. The molecule has 1 aromatic rings. The summed E-state index contributed by atoms with van der Waals surface area (Å²) in [6.45, 7) is 5.87. The Bertz CT molecular complexity index is 402. The average molecular weight is 230 g/mol. The largest absolute Gasteiger partial charge is 0.272 e. The Morgan fingerprint density at radius 3 is 2.20 bits per heavy atom. The van der Waals surface area contributed by atoms with Crippen LogP contribution >= 0.6 is 0 Å². The van der Waals surface area contributed by atoms with Crippen LogP contribution in [0, 0.1) is 6.92 Å². The molecule has 86 valence electrons. The number of hydrogen-bond donors (Lipinski definition) is 0. The minimum atomic E-state index is -3.18. The minimum absolute atomic E-state index is 0.586. The zero-order valence-corrected chi connectivity index (χ0v) is 10.7. The molecule has 0 spiro atoms. The third-order valence-electron chi connectivity index (χ3n) is 1.72. The monoisotopic (exact) mass is 230 g/mol. The number of pyridine rings is 1. The third kappa shape index (κ3) is 4.29. The van der Waals surface area contributed by atoms with Crippen LogP contribution in [0.5, 0.6) is 0 Å². The van der Waals surface area contributed by atoms with E-state index < -0.39 is 10.0 Å². The lowest BCUT2D eigenvalue weighted by Gasteiger charge is -2.15. The number of rotatable bonds is 2. The summed E-state index contributed by atoms with van der Waals surface area (Å²) in [7, 11) is -1.67. The van der Waals surface area contributed by atoms with Crippen LogP contribution in [-0.4, -0.2) is 26.7 Å². The van der Waals surface area contributed by atoms with Gasteiger partial charge in [0, 0.05) is 13.2 Å². The molecule has 1 rings (SSSR count). The van der Waals surface area contributed by atoms with Gasteiger partial charge in [0.25, 0.3) is 0 Å². The van der Waals surface area contributed by atoms with Crippen LogP contribution in [0.15, 0.2) is 18.5 Å². The molecular formula is C10H18N2O2S. The highest BCUT2D eigenvalue weighted by atomic mass is 32.2. The molecule has 4 nitrogen and oxygen atoms in total. The van der Waals surface area contributed by atoms with Crippen molar-refractivity contribution in [3.8, 4) is 0 Å². The number of aryl methyl sites for hydroxylation is 1. The fourth-order valence-electron chi connectivity index (χ4n) is 0.903. The predicted octanol–water partition coefficient (Wildman–Crippen LogP) is 1.81. The molecule has 0 saturated carbocycles. The van der Waals surface area contributed by atoms with Gasteiger partial charge in [0.15, 0.2) is 0 Å². The first kappa shape index (κ1) is 13.9. The van der Waals surface area contributed by atoms with E-state index in [0.717, 1.165) is 11.8 Å². The van der Waals surface area contributed by atoms with Gasteiger partial charge in [0.2, 0.25) is 10.0 Å². The molecule has 0 radical (unpaired) electrons. The fourth-order valence-corrected chi connectivity index (χ4v) is 1.39. The zero-order valence-electron chi connectivity index (χ0n) is 9.85. The van der Waals surface area contributed by atoms with E-state index in [1.165, 1.54) is 17.5 Å². The molecule has 0 bridgehead atoms. The van der Waals surface area contributed by atoms with E-state index in [1.54, 1.807) is 12.3 Å². The van der Waals surface area contributed by atoms with E-state index in [1.807, 2.05) is 20.8 Å². The Kier molecular flexibility index (Phi) is 5.28. The normalized spacial score (nSPS) is 10.2. The molecule has 0 aliphatic heterocycles. The number of aromatic nitrogens is 1. The van der Waals surface area contributed by atoms with Crippen LogP contribution in [0.2, 0.25) is 0 Å². The highest BCUT2D eigenvalue weighted by Gasteiger charge is 2.11. The van der Waals surface area contributed by atoms with Gasteiger partial charge < -0.3 is 0 Å². The molecule has 1 heterocycles. The topological polar surface area (TPSA) is 50.3 Å². The van der Waals surface area contributed by atoms with Crippen molar-refractivity contribution in [3.05, 3.63) is 24.0 Å². The van der Waals surface area contributed by atoms with Crippen molar-refractivity contribution in [2.24, 2.45) is 0 Å². The Hall–Kier alpha value is -1.10. The zero-order chi connectivity index (χ0) is 12.1. The second kappa shape index (κ2) is 5.70. The first-order chi connectivity index (χ1) is 6.91. The summed E-state index contributed by atoms with van der Waals surface area (Å²) >= 11 is 0. The lowest BCUT2D eigenvalue weighted by atomic mass is 10.3. The summed E-state index contributed by atoms with van der Waals surface area (Å²) in [6, 6.07) is 1.77. The smallest absolute Gasteiger partial charge is 0.232 e. The molecule has 1 aromatic heterocycles. The molecule has 0 aliphatic rings. The van der Waals surface area contributed by atoms with E-state index in [-0.39, 0.29) is 0 Å². The molecule has 0 atom stereocenters. The average Bonchev–Trinajstić information content (AvgIpc) is 2.18. The van der Waals surface area contributed by atoms with Crippen LogP contribution in [-0.2, 0) is 10.0 Å². The maximum Gasteiger partial charge on any atom is 0.232 e. The fraction of sp³-hybridized carbons (Fsp3) is 0.500. The summed E-state index contributed by atoms with van der Waals surface area (Å²) in [5, 5.41) is 0. The Morgan fingerprint density at radius 2 is 1.80 bits per heavy atom. The summed E-state index contributed by atoms with van der Waals surface area (Å²) < 4.78 is 23.5. The van der Waals surface area contributed by atoms with Crippen molar-refractivity contribution in [3.63, 3.8) is 0 Å². The predicted molar refractivity (Wildman–Crippen MR) is 63.6 cm³/mol. The first-order valence-corrected chi connectivity index (χ1v) is 6.61. The summed E-state index contributed by atoms with van der Waals surface area (Å²) in [6.07, 6.45) is 4.36. The molecule has 0 aromatic carbocycles. The highest BCUT2D eigenvalue weighted by Crippen LogP contribution is 2.14. The SMILES string of the molecule is CC.Cc1cncc(N(C)S(C)(=O)=O)c1. The summed E-state index contributed by atoms with van der Waals surface area (Å²) in [5.74, 6) is 0. The lowest BCUT2D eigenvalue weighted by molar-refractivity contribution is 0.600. The molecule has 0 N–H and O–H groups in total. The van der Waals surface area contributed by atoms with Crippen LogP contribution in [0.3, 0.4) is 0 Å². The van der Waals surface area contributed by atoms with Crippen LogP contribution < -0.4 is 4.31 Å². The lowest BCUT2D eigenvalue weighted by Crippen LogP contribution is -2.24. The second-order valence-corrected chi connectivity index (χ2v) is 4.96. The molecule has 0 amide bonds. The Labute approximate surface area is 92.0 Å². The standard InChI is InChI=1S/C8H12N2O2S.C2H6/c1-7-4-8(6-9-5-7)10(2)13(3,11)12;1-2/h4-6H,1-3H3;1-2H3. The van der Waals surface area contributed by atoms with Gasteiger partial charge in [-0.05, 0) is 18.6 Å². The third-order valence-corrected chi connectivity index (χ3v) is 2.93.